The molecule has 1 aromatic carbocycles. The molecule has 5 heteroatoms. The van der Waals surface area contributed by atoms with Crippen molar-refractivity contribution in [2.75, 3.05) is 13.1 Å². The van der Waals surface area contributed by atoms with Gasteiger partial charge in [-0.15, -0.1) is 6.58 Å². The lowest BCUT2D eigenvalue weighted by atomic mass is 10.1. The van der Waals surface area contributed by atoms with E-state index in [-0.39, 0.29) is 0 Å². The number of nitrogens with two attached hydrogens (primary N) is 1. The first-order chi connectivity index (χ1) is 9.73. The number of sulfonamides is 1. The van der Waals surface area contributed by atoms with Crippen LogP contribution in [0.15, 0.2) is 41.8 Å². The van der Waals surface area contributed by atoms with Crippen molar-refractivity contribution in [3.63, 3.8) is 0 Å². The second kappa shape index (κ2) is 7.20. The number of nitrogens with zero attached hydrogens (tertiary/aromatic N) is 1. The third kappa shape index (κ3) is 4.66. The Balaban J connectivity index is 3.08. The van der Waals surface area contributed by atoms with Gasteiger partial charge >= 0.3 is 0 Å². The third-order valence-electron chi connectivity index (χ3n) is 3.22. The Labute approximate surface area is 128 Å². The molecule has 0 radical (unpaired) electrons. The molecule has 0 atom stereocenters. The van der Waals surface area contributed by atoms with Crippen molar-refractivity contribution in [2.24, 2.45) is 5.73 Å². The van der Waals surface area contributed by atoms with Gasteiger partial charge in [-0.1, -0.05) is 18.2 Å². The molecular formula is C16H26N2O2S. The highest BCUT2D eigenvalue weighted by Crippen LogP contribution is 2.24. The second-order valence-electron chi connectivity index (χ2n) is 6.03. The summed E-state index contributed by atoms with van der Waals surface area (Å²) in [5, 5.41) is 0. The molecule has 0 unspecified atom stereocenters. The van der Waals surface area contributed by atoms with E-state index in [4.69, 9.17) is 5.73 Å². The molecule has 0 aromatic heterocycles. The maximum atomic E-state index is 12.8. The Morgan fingerprint density at radius 3 is 2.24 bits per heavy atom. The minimum atomic E-state index is -3.52. The average molecular weight is 310 g/mol. The molecule has 0 aliphatic heterocycles. The Hall–Kier alpha value is -1.17. The third-order valence-corrected chi connectivity index (χ3v) is 5.37. The minimum absolute atomic E-state index is 0.292. The van der Waals surface area contributed by atoms with Crippen LogP contribution in [-0.4, -0.2) is 31.4 Å². The number of hydrogen-bond donors (Lipinski definition) is 1. The van der Waals surface area contributed by atoms with Crippen molar-refractivity contribution in [3.8, 4) is 0 Å². The molecule has 1 aromatic rings. The quantitative estimate of drug-likeness (QED) is 0.787. The average Bonchev–Trinajstić information content (AvgIpc) is 2.41. The maximum absolute atomic E-state index is 12.8. The van der Waals surface area contributed by atoms with Crippen LogP contribution in [0.25, 0.3) is 0 Å². The van der Waals surface area contributed by atoms with Gasteiger partial charge in [0.25, 0.3) is 0 Å². The normalized spacial score (nSPS) is 12.6. The summed E-state index contributed by atoms with van der Waals surface area (Å²) in [4.78, 5) is 0.316. The monoisotopic (exact) mass is 310 g/mol. The van der Waals surface area contributed by atoms with E-state index in [1.807, 2.05) is 32.9 Å². The zero-order valence-corrected chi connectivity index (χ0v) is 14.0. The number of benzene rings is 1. The van der Waals surface area contributed by atoms with E-state index in [0.717, 1.165) is 18.4 Å². The molecule has 0 aliphatic rings. The number of hydrogen-bond acceptors (Lipinski definition) is 3. The highest BCUT2D eigenvalue weighted by molar-refractivity contribution is 7.89. The molecule has 0 amide bonds. The Morgan fingerprint density at radius 2 is 1.81 bits per heavy atom. The molecule has 0 fully saturated rings. The van der Waals surface area contributed by atoms with Crippen LogP contribution in [0.2, 0.25) is 0 Å². The van der Waals surface area contributed by atoms with Crippen LogP contribution >= 0.6 is 0 Å². The molecule has 0 heterocycles. The minimum Gasteiger partial charge on any atom is -0.330 e. The zero-order chi connectivity index (χ0) is 16.1. The Morgan fingerprint density at radius 1 is 1.24 bits per heavy atom. The fraction of sp³-hybridized carbons (Fsp3) is 0.500. The molecule has 0 bridgehead atoms. The van der Waals surface area contributed by atoms with Crippen LogP contribution in [0.5, 0.6) is 0 Å². The van der Waals surface area contributed by atoms with Crippen molar-refractivity contribution >= 4 is 10.0 Å². The van der Waals surface area contributed by atoms with E-state index < -0.39 is 15.6 Å². The second-order valence-corrected chi connectivity index (χ2v) is 7.89. The summed E-state index contributed by atoms with van der Waals surface area (Å²) in [6.45, 7) is 10.2. The van der Waals surface area contributed by atoms with Crippen molar-refractivity contribution in [2.45, 2.75) is 44.0 Å². The summed E-state index contributed by atoms with van der Waals surface area (Å²) in [6, 6.07) is 7.06. The lowest BCUT2D eigenvalue weighted by Gasteiger charge is -2.33. The van der Waals surface area contributed by atoms with E-state index in [0.29, 0.717) is 18.0 Å². The van der Waals surface area contributed by atoms with Crippen LogP contribution in [0.3, 0.4) is 0 Å². The molecule has 0 saturated carbocycles. The molecule has 0 saturated heterocycles. The van der Waals surface area contributed by atoms with E-state index >= 15 is 0 Å². The molecule has 4 nitrogen and oxygen atoms in total. The topological polar surface area (TPSA) is 63.4 Å². The van der Waals surface area contributed by atoms with Gasteiger partial charge < -0.3 is 5.73 Å². The van der Waals surface area contributed by atoms with Gasteiger partial charge in [0.1, 0.15) is 0 Å². The SMILES string of the molecule is C=CCN(C(C)(C)C)S(=O)(=O)c1ccc(CCCN)cc1. The van der Waals surface area contributed by atoms with Crippen LogP contribution in [0, 0.1) is 0 Å². The molecule has 21 heavy (non-hydrogen) atoms. The standard InChI is InChI=1S/C16H26N2O2S/c1-5-13-18(16(2,3)4)21(19,20)15-10-8-14(9-11-15)7-6-12-17/h5,8-11H,1,6-7,12-13,17H2,2-4H3. The van der Waals surface area contributed by atoms with E-state index in [2.05, 4.69) is 6.58 Å². The Kier molecular flexibility index (Phi) is 6.13. The first kappa shape index (κ1) is 17.9. The van der Waals surface area contributed by atoms with Crippen molar-refractivity contribution in [3.05, 3.63) is 42.5 Å². The van der Waals surface area contributed by atoms with Gasteiger partial charge in [0.2, 0.25) is 10.0 Å². The summed E-state index contributed by atoms with van der Waals surface area (Å²) in [5.74, 6) is 0. The van der Waals surface area contributed by atoms with Gasteiger partial charge in [-0.25, -0.2) is 8.42 Å². The smallest absolute Gasteiger partial charge is 0.243 e. The first-order valence-electron chi connectivity index (χ1n) is 7.16. The molecule has 118 valence electrons. The Bertz CT molecular complexity index is 557. The summed E-state index contributed by atoms with van der Waals surface area (Å²) >= 11 is 0. The van der Waals surface area contributed by atoms with Crippen molar-refractivity contribution in [1.29, 1.82) is 0 Å². The molecule has 2 N–H and O–H groups in total. The fourth-order valence-corrected chi connectivity index (χ4v) is 3.87. The molecule has 1 rings (SSSR count). The van der Waals surface area contributed by atoms with Gasteiger partial charge in [-0.3, -0.25) is 0 Å². The predicted octanol–water partition coefficient (Wildman–Crippen LogP) is 2.55. The van der Waals surface area contributed by atoms with Gasteiger partial charge in [0.15, 0.2) is 0 Å². The van der Waals surface area contributed by atoms with Crippen LogP contribution in [0.4, 0.5) is 0 Å². The van der Waals surface area contributed by atoms with Gasteiger partial charge in [-0.05, 0) is 57.9 Å². The van der Waals surface area contributed by atoms with E-state index in [9.17, 15) is 8.42 Å². The summed E-state index contributed by atoms with van der Waals surface area (Å²) in [7, 11) is -3.52. The predicted molar refractivity (Wildman–Crippen MR) is 87.7 cm³/mol. The lowest BCUT2D eigenvalue weighted by Crippen LogP contribution is -2.45. The van der Waals surface area contributed by atoms with Crippen molar-refractivity contribution < 1.29 is 8.42 Å². The number of aryl methyl sites for hydroxylation is 1. The zero-order valence-electron chi connectivity index (χ0n) is 13.2. The molecule has 0 spiro atoms. The van der Waals surface area contributed by atoms with Crippen molar-refractivity contribution in [1.82, 2.24) is 4.31 Å². The number of rotatable bonds is 7. The summed E-state index contributed by atoms with van der Waals surface area (Å²) in [5.41, 5.74) is 6.09. The van der Waals surface area contributed by atoms with Crippen LogP contribution < -0.4 is 5.73 Å². The molecule has 0 aliphatic carbocycles. The van der Waals surface area contributed by atoms with E-state index in [1.165, 1.54) is 4.31 Å². The van der Waals surface area contributed by atoms with Gasteiger partial charge in [0.05, 0.1) is 4.90 Å². The lowest BCUT2D eigenvalue weighted by molar-refractivity contribution is 0.270. The summed E-state index contributed by atoms with van der Waals surface area (Å²) < 4.78 is 27.0. The highest BCUT2D eigenvalue weighted by Gasteiger charge is 2.32. The van der Waals surface area contributed by atoms with Gasteiger partial charge in [-0.2, -0.15) is 4.31 Å². The molecular weight excluding hydrogens is 284 g/mol. The van der Waals surface area contributed by atoms with Crippen LogP contribution in [-0.2, 0) is 16.4 Å². The maximum Gasteiger partial charge on any atom is 0.243 e. The largest absolute Gasteiger partial charge is 0.330 e. The van der Waals surface area contributed by atoms with Crippen LogP contribution in [0.1, 0.15) is 32.8 Å². The first-order valence-corrected chi connectivity index (χ1v) is 8.60. The van der Waals surface area contributed by atoms with Gasteiger partial charge in [0, 0.05) is 12.1 Å². The van der Waals surface area contributed by atoms with E-state index in [1.54, 1.807) is 18.2 Å². The summed E-state index contributed by atoms with van der Waals surface area (Å²) in [6.07, 6.45) is 3.38. The highest BCUT2D eigenvalue weighted by atomic mass is 32.2. The fourth-order valence-electron chi connectivity index (χ4n) is 2.11.